The van der Waals surface area contributed by atoms with E-state index in [9.17, 15) is 18.3 Å². The molecular weight excluding hydrogens is 472 g/mol. The molecule has 0 spiro atoms. The normalized spacial score (nSPS) is 21.1. The van der Waals surface area contributed by atoms with E-state index in [1.165, 1.54) is 23.5 Å². The van der Waals surface area contributed by atoms with Gasteiger partial charge in [0.15, 0.2) is 5.76 Å². The Bertz CT molecular complexity index is 957. The summed E-state index contributed by atoms with van der Waals surface area (Å²) in [5.41, 5.74) is 0. The Morgan fingerprint density at radius 1 is 1.17 bits per heavy atom. The van der Waals surface area contributed by atoms with Gasteiger partial charge in [-0.25, -0.2) is 8.42 Å². The van der Waals surface area contributed by atoms with Gasteiger partial charge in [0.05, 0.1) is 25.2 Å². The second-order valence-electron chi connectivity index (χ2n) is 9.25. The minimum Gasteiger partial charge on any atom is -0.497 e. The summed E-state index contributed by atoms with van der Waals surface area (Å²) in [6.07, 6.45) is 4.98. The minimum atomic E-state index is -3.83. The molecule has 1 aromatic carbocycles. The summed E-state index contributed by atoms with van der Waals surface area (Å²) in [4.78, 5) is 15.0. The van der Waals surface area contributed by atoms with Crippen molar-refractivity contribution in [1.29, 1.82) is 0 Å². The van der Waals surface area contributed by atoms with E-state index >= 15 is 0 Å². The molecule has 10 heteroatoms. The molecule has 0 unspecified atom stereocenters. The number of allylic oxidation sites excluding steroid dienone is 1. The summed E-state index contributed by atoms with van der Waals surface area (Å²) < 4.78 is 44.3. The van der Waals surface area contributed by atoms with Crippen LogP contribution in [0.5, 0.6) is 5.75 Å². The van der Waals surface area contributed by atoms with E-state index in [0.717, 1.165) is 32.4 Å². The highest BCUT2D eigenvalue weighted by Gasteiger charge is 2.32. The minimum absolute atomic E-state index is 0.0419. The predicted octanol–water partition coefficient (Wildman–Crippen LogP) is 2.61. The standard InChI is InChI=1S/C25H38N2O7S/c1-19(2)20-17-23(25(29)26-11-5-4-6-12-26)34-24(18-20)33-16-14-27(13-15-28)35(30,31)22-9-7-21(32-3)8-10-22/h7-10,17,19-20,24,28H,4-6,11-16,18H2,1-3H3/t20-,24+/m0/s1. The van der Waals surface area contributed by atoms with Crippen molar-refractivity contribution in [3.8, 4) is 5.75 Å². The van der Waals surface area contributed by atoms with Crippen molar-refractivity contribution in [3.05, 3.63) is 36.1 Å². The van der Waals surface area contributed by atoms with Gasteiger partial charge in [0, 0.05) is 32.6 Å². The van der Waals surface area contributed by atoms with Gasteiger partial charge in [-0.3, -0.25) is 4.79 Å². The zero-order valence-corrected chi connectivity index (χ0v) is 21.7. The molecule has 35 heavy (non-hydrogen) atoms. The van der Waals surface area contributed by atoms with E-state index in [2.05, 4.69) is 13.8 Å². The van der Waals surface area contributed by atoms with E-state index in [0.29, 0.717) is 23.8 Å². The number of hydrogen-bond donors (Lipinski definition) is 1. The van der Waals surface area contributed by atoms with Crippen molar-refractivity contribution in [1.82, 2.24) is 9.21 Å². The van der Waals surface area contributed by atoms with Crippen LogP contribution in [-0.4, -0.2) is 81.4 Å². The number of aliphatic hydroxyl groups is 1. The molecule has 0 bridgehead atoms. The Hall–Kier alpha value is -2.14. The number of nitrogens with zero attached hydrogens (tertiary/aromatic N) is 2. The SMILES string of the molecule is COc1ccc(S(=O)(=O)N(CCO)CCO[C@H]2C[C@@H](C(C)C)C=C(C(=O)N3CCCCC3)O2)cc1. The zero-order chi connectivity index (χ0) is 25.4. The molecule has 0 saturated carbocycles. The Labute approximate surface area is 208 Å². The van der Waals surface area contributed by atoms with Gasteiger partial charge < -0.3 is 24.2 Å². The van der Waals surface area contributed by atoms with E-state index in [4.69, 9.17) is 14.2 Å². The molecule has 2 aliphatic rings. The lowest BCUT2D eigenvalue weighted by Gasteiger charge is -2.34. The third-order valence-electron chi connectivity index (χ3n) is 6.49. The number of sulfonamides is 1. The quantitative estimate of drug-likeness (QED) is 0.488. The fraction of sp³-hybridized carbons (Fsp3) is 0.640. The summed E-state index contributed by atoms with van der Waals surface area (Å²) in [7, 11) is -2.32. The van der Waals surface area contributed by atoms with Crippen LogP contribution in [0.2, 0.25) is 0 Å². The predicted molar refractivity (Wildman–Crippen MR) is 131 cm³/mol. The van der Waals surface area contributed by atoms with Gasteiger partial charge in [0.25, 0.3) is 5.91 Å². The van der Waals surface area contributed by atoms with E-state index in [-0.39, 0.29) is 43.0 Å². The first-order chi connectivity index (χ1) is 16.8. The number of amides is 1. The number of methoxy groups -OCH3 is 1. The van der Waals surface area contributed by atoms with Gasteiger partial charge in [-0.2, -0.15) is 4.31 Å². The van der Waals surface area contributed by atoms with Crippen molar-refractivity contribution < 1.29 is 32.5 Å². The molecule has 1 amide bonds. The lowest BCUT2D eigenvalue weighted by atomic mass is 9.90. The first-order valence-corrected chi connectivity index (χ1v) is 13.7. The first-order valence-electron chi connectivity index (χ1n) is 12.3. The highest BCUT2D eigenvalue weighted by molar-refractivity contribution is 7.89. The molecule has 1 fully saturated rings. The van der Waals surface area contributed by atoms with Crippen LogP contribution in [0.4, 0.5) is 0 Å². The average Bonchev–Trinajstić information content (AvgIpc) is 2.88. The van der Waals surface area contributed by atoms with Crippen LogP contribution in [-0.2, 0) is 24.3 Å². The van der Waals surface area contributed by atoms with Gasteiger partial charge in [0.1, 0.15) is 5.75 Å². The highest BCUT2D eigenvalue weighted by atomic mass is 32.2. The molecule has 1 saturated heterocycles. The van der Waals surface area contributed by atoms with Crippen molar-refractivity contribution >= 4 is 15.9 Å². The first kappa shape index (κ1) is 27.4. The van der Waals surface area contributed by atoms with Crippen LogP contribution >= 0.6 is 0 Å². The summed E-state index contributed by atoms with van der Waals surface area (Å²) in [5.74, 6) is 1.19. The number of likely N-dealkylation sites (tertiary alicyclic amines) is 1. The molecule has 2 heterocycles. The Kier molecular flexibility index (Phi) is 9.97. The largest absolute Gasteiger partial charge is 0.497 e. The number of aliphatic hydroxyl groups excluding tert-OH is 1. The van der Waals surface area contributed by atoms with Crippen molar-refractivity contribution in [2.75, 3.05) is 46.5 Å². The van der Waals surface area contributed by atoms with Crippen LogP contribution in [0.25, 0.3) is 0 Å². The number of carbonyl (C=O) groups is 1. The monoisotopic (exact) mass is 510 g/mol. The van der Waals surface area contributed by atoms with Gasteiger partial charge in [-0.05, 0) is 61.4 Å². The second-order valence-corrected chi connectivity index (χ2v) is 11.2. The molecule has 0 aromatic heterocycles. The highest BCUT2D eigenvalue weighted by Crippen LogP contribution is 2.30. The molecule has 2 atom stereocenters. The van der Waals surface area contributed by atoms with Gasteiger partial charge in [-0.15, -0.1) is 0 Å². The van der Waals surface area contributed by atoms with E-state index in [1.54, 1.807) is 12.1 Å². The number of carbonyl (C=O) groups excluding carboxylic acids is 1. The molecular formula is C25H38N2O7S. The maximum atomic E-state index is 13.1. The lowest BCUT2D eigenvalue weighted by molar-refractivity contribution is -0.156. The molecule has 196 valence electrons. The molecule has 2 aliphatic heterocycles. The number of rotatable bonds is 11. The summed E-state index contributed by atoms with van der Waals surface area (Å²) >= 11 is 0. The molecule has 3 rings (SSSR count). The maximum Gasteiger partial charge on any atom is 0.288 e. The van der Waals surface area contributed by atoms with E-state index in [1.807, 2.05) is 11.0 Å². The van der Waals surface area contributed by atoms with E-state index < -0.39 is 16.3 Å². The van der Waals surface area contributed by atoms with Gasteiger partial charge in [0.2, 0.25) is 16.3 Å². The molecule has 1 aromatic rings. The summed E-state index contributed by atoms with van der Waals surface area (Å²) in [6, 6.07) is 6.10. The van der Waals surface area contributed by atoms with Crippen molar-refractivity contribution in [2.45, 2.75) is 50.7 Å². The van der Waals surface area contributed by atoms with Crippen LogP contribution in [0.3, 0.4) is 0 Å². The second kappa shape index (κ2) is 12.7. The molecule has 1 N–H and O–H groups in total. The molecule has 0 radical (unpaired) electrons. The van der Waals surface area contributed by atoms with Crippen LogP contribution in [0.15, 0.2) is 41.0 Å². The number of benzene rings is 1. The number of hydrogen-bond acceptors (Lipinski definition) is 7. The number of ether oxygens (including phenoxy) is 3. The topological polar surface area (TPSA) is 106 Å². The number of piperidine rings is 1. The Morgan fingerprint density at radius 2 is 1.86 bits per heavy atom. The Balaban J connectivity index is 1.64. The third-order valence-corrected chi connectivity index (χ3v) is 8.40. The average molecular weight is 511 g/mol. The summed E-state index contributed by atoms with van der Waals surface area (Å²) in [6.45, 7) is 5.39. The van der Waals surface area contributed by atoms with Gasteiger partial charge in [-0.1, -0.05) is 13.8 Å². The fourth-order valence-electron chi connectivity index (χ4n) is 4.30. The smallest absolute Gasteiger partial charge is 0.288 e. The lowest BCUT2D eigenvalue weighted by Crippen LogP contribution is -2.41. The van der Waals surface area contributed by atoms with Crippen LogP contribution in [0, 0.1) is 11.8 Å². The van der Waals surface area contributed by atoms with Crippen LogP contribution < -0.4 is 4.74 Å². The van der Waals surface area contributed by atoms with Crippen molar-refractivity contribution in [2.24, 2.45) is 11.8 Å². The third kappa shape index (κ3) is 7.19. The maximum absolute atomic E-state index is 13.1. The zero-order valence-electron chi connectivity index (χ0n) is 20.9. The van der Waals surface area contributed by atoms with Crippen molar-refractivity contribution in [3.63, 3.8) is 0 Å². The molecule has 9 nitrogen and oxygen atoms in total. The summed E-state index contributed by atoms with van der Waals surface area (Å²) in [5, 5.41) is 9.45. The van der Waals surface area contributed by atoms with Gasteiger partial charge >= 0.3 is 0 Å². The van der Waals surface area contributed by atoms with Crippen LogP contribution in [0.1, 0.15) is 39.5 Å². The Morgan fingerprint density at radius 3 is 2.46 bits per heavy atom. The molecule has 0 aliphatic carbocycles. The fourth-order valence-corrected chi connectivity index (χ4v) is 5.72.